The Hall–Kier alpha value is -0.580. The van der Waals surface area contributed by atoms with E-state index in [2.05, 4.69) is 25.4 Å². The van der Waals surface area contributed by atoms with Crippen molar-refractivity contribution in [3.8, 4) is 0 Å². The van der Waals surface area contributed by atoms with Crippen molar-refractivity contribution in [3.63, 3.8) is 0 Å². The monoisotopic (exact) mass is 252 g/mol. The van der Waals surface area contributed by atoms with E-state index in [9.17, 15) is 9.59 Å². The van der Waals surface area contributed by atoms with E-state index in [0.717, 1.165) is 0 Å². The third-order valence-corrected chi connectivity index (χ3v) is 2.37. The highest BCUT2D eigenvalue weighted by atomic mass is 79.9. The second-order valence-electron chi connectivity index (χ2n) is 2.65. The van der Waals surface area contributed by atoms with Crippen molar-refractivity contribution in [2.45, 2.75) is 18.2 Å². The summed E-state index contributed by atoms with van der Waals surface area (Å²) in [7, 11) is 2.62. The first kappa shape index (κ1) is 12.4. The number of rotatable bonds is 4. The lowest BCUT2D eigenvalue weighted by Gasteiger charge is -2.11. The number of halogens is 1. The molecule has 0 aromatic heterocycles. The minimum Gasteiger partial charge on any atom is -0.469 e. The van der Waals surface area contributed by atoms with Crippen LogP contribution in [0, 0.1) is 5.92 Å². The quantitative estimate of drug-likeness (QED) is 0.556. The number of hydrogen-bond donors (Lipinski definition) is 0. The number of methoxy groups -OCH3 is 2. The maximum Gasteiger partial charge on any atom is 0.319 e. The van der Waals surface area contributed by atoms with E-state index in [4.69, 9.17) is 0 Å². The fourth-order valence-electron chi connectivity index (χ4n) is 0.832. The molecule has 0 amide bonds. The molecule has 0 aliphatic heterocycles. The fourth-order valence-corrected chi connectivity index (χ4v) is 1.58. The lowest BCUT2D eigenvalue weighted by Crippen LogP contribution is -2.23. The molecule has 4 nitrogen and oxygen atoms in total. The van der Waals surface area contributed by atoms with E-state index < -0.39 is 4.83 Å². The van der Waals surface area contributed by atoms with E-state index >= 15 is 0 Å². The Morgan fingerprint density at radius 2 is 1.69 bits per heavy atom. The van der Waals surface area contributed by atoms with Gasteiger partial charge in [-0.3, -0.25) is 9.59 Å². The van der Waals surface area contributed by atoms with Crippen LogP contribution in [0.4, 0.5) is 0 Å². The number of carbonyl (C=O) groups excluding carboxylic acids is 2. The first-order chi connectivity index (χ1) is 6.02. The zero-order valence-corrected chi connectivity index (χ0v) is 9.46. The number of ether oxygens (including phenoxy) is 2. The van der Waals surface area contributed by atoms with Crippen molar-refractivity contribution < 1.29 is 19.1 Å². The van der Waals surface area contributed by atoms with Crippen LogP contribution in [0.25, 0.3) is 0 Å². The summed E-state index contributed by atoms with van der Waals surface area (Å²) in [5.41, 5.74) is 0. The van der Waals surface area contributed by atoms with E-state index in [1.807, 2.05) is 0 Å². The Bertz CT molecular complexity index is 173. The van der Waals surface area contributed by atoms with Gasteiger partial charge in [-0.05, 0) is 6.42 Å². The summed E-state index contributed by atoms with van der Waals surface area (Å²) in [5.74, 6) is -1.02. The smallest absolute Gasteiger partial charge is 0.319 e. The summed E-state index contributed by atoms with van der Waals surface area (Å²) in [6, 6.07) is 0. The number of carbonyl (C=O) groups is 2. The molecule has 0 radical (unpaired) electrons. The highest BCUT2D eigenvalue weighted by molar-refractivity contribution is 9.10. The molecule has 0 aromatic carbocycles. The van der Waals surface area contributed by atoms with Crippen molar-refractivity contribution in [2.75, 3.05) is 14.2 Å². The van der Waals surface area contributed by atoms with Gasteiger partial charge >= 0.3 is 11.9 Å². The van der Waals surface area contributed by atoms with Crippen LogP contribution in [-0.4, -0.2) is 31.0 Å². The summed E-state index contributed by atoms with van der Waals surface area (Å²) < 4.78 is 9.00. The van der Waals surface area contributed by atoms with Gasteiger partial charge in [-0.1, -0.05) is 22.9 Å². The van der Waals surface area contributed by atoms with Crippen LogP contribution >= 0.6 is 15.9 Å². The molecular weight excluding hydrogens is 240 g/mol. The summed E-state index contributed by atoms with van der Waals surface area (Å²) >= 11 is 3.12. The standard InChI is InChI=1S/C8H13BrO4/c1-5(7(10)12-2)4-6(9)8(11)13-3/h5-6H,4H2,1-3H3/t5-,6-/m0/s1. The molecule has 0 unspecified atom stereocenters. The van der Waals surface area contributed by atoms with Gasteiger partial charge in [0.1, 0.15) is 4.83 Å². The molecule has 0 spiro atoms. The van der Waals surface area contributed by atoms with E-state index in [1.165, 1.54) is 14.2 Å². The van der Waals surface area contributed by atoms with Crippen molar-refractivity contribution >= 4 is 27.9 Å². The molecule has 0 aliphatic carbocycles. The molecule has 0 aromatic rings. The Morgan fingerprint density at radius 3 is 2.08 bits per heavy atom. The third kappa shape index (κ3) is 4.26. The first-order valence-electron chi connectivity index (χ1n) is 3.82. The maximum absolute atomic E-state index is 11.0. The number of hydrogen-bond acceptors (Lipinski definition) is 4. The molecular formula is C8H13BrO4. The molecule has 0 rings (SSSR count). The second-order valence-corrected chi connectivity index (χ2v) is 3.76. The van der Waals surface area contributed by atoms with Gasteiger partial charge < -0.3 is 9.47 Å². The van der Waals surface area contributed by atoms with Gasteiger partial charge in [0.05, 0.1) is 20.1 Å². The van der Waals surface area contributed by atoms with Gasteiger partial charge in [-0.15, -0.1) is 0 Å². The summed E-state index contributed by atoms with van der Waals surface area (Å²) in [4.78, 5) is 21.4. The van der Waals surface area contributed by atoms with Crippen LogP contribution < -0.4 is 0 Å². The fraction of sp³-hybridized carbons (Fsp3) is 0.750. The van der Waals surface area contributed by atoms with Crippen LogP contribution in [0.15, 0.2) is 0 Å². The van der Waals surface area contributed by atoms with Crippen LogP contribution in [-0.2, 0) is 19.1 Å². The summed E-state index contributed by atoms with van der Waals surface area (Å²) in [5, 5.41) is 0. The van der Waals surface area contributed by atoms with Gasteiger partial charge in [0.15, 0.2) is 0 Å². The number of alkyl halides is 1. The predicted molar refractivity (Wildman–Crippen MR) is 50.5 cm³/mol. The van der Waals surface area contributed by atoms with Crippen molar-refractivity contribution in [1.82, 2.24) is 0 Å². The molecule has 5 heteroatoms. The zero-order valence-electron chi connectivity index (χ0n) is 7.87. The van der Waals surface area contributed by atoms with Gasteiger partial charge in [0, 0.05) is 0 Å². The van der Waals surface area contributed by atoms with E-state index in [1.54, 1.807) is 6.92 Å². The highest BCUT2D eigenvalue weighted by Gasteiger charge is 2.22. The van der Waals surface area contributed by atoms with E-state index in [-0.39, 0.29) is 17.9 Å². The SMILES string of the molecule is COC(=O)[C@@H](C)C[C@H](Br)C(=O)OC. The largest absolute Gasteiger partial charge is 0.469 e. The molecule has 13 heavy (non-hydrogen) atoms. The molecule has 0 heterocycles. The molecule has 0 bridgehead atoms. The molecule has 0 saturated heterocycles. The third-order valence-electron chi connectivity index (χ3n) is 1.62. The summed E-state index contributed by atoms with van der Waals surface area (Å²) in [6.45, 7) is 1.70. The molecule has 76 valence electrons. The van der Waals surface area contributed by atoms with Gasteiger partial charge in [0.2, 0.25) is 0 Å². The van der Waals surface area contributed by atoms with Crippen LogP contribution in [0.5, 0.6) is 0 Å². The second kappa shape index (κ2) is 5.96. The Balaban J connectivity index is 3.98. The summed E-state index contributed by atoms with van der Waals surface area (Å²) in [6.07, 6.45) is 0.374. The van der Waals surface area contributed by atoms with Crippen LogP contribution in [0.1, 0.15) is 13.3 Å². The Kier molecular flexibility index (Phi) is 5.70. The number of esters is 2. The van der Waals surface area contributed by atoms with Crippen molar-refractivity contribution in [1.29, 1.82) is 0 Å². The predicted octanol–water partition coefficient (Wildman–Crippen LogP) is 1.12. The normalized spacial score (nSPS) is 14.5. The molecule has 0 N–H and O–H groups in total. The van der Waals surface area contributed by atoms with E-state index in [0.29, 0.717) is 6.42 Å². The van der Waals surface area contributed by atoms with Gasteiger partial charge in [-0.25, -0.2) is 0 Å². The lowest BCUT2D eigenvalue weighted by molar-refractivity contribution is -0.145. The minimum atomic E-state index is -0.452. The average molecular weight is 253 g/mol. The average Bonchev–Trinajstić information content (AvgIpc) is 2.14. The lowest BCUT2D eigenvalue weighted by atomic mass is 10.1. The first-order valence-corrected chi connectivity index (χ1v) is 4.74. The molecule has 0 aliphatic rings. The molecule has 2 atom stereocenters. The Morgan fingerprint density at radius 1 is 1.23 bits per heavy atom. The van der Waals surface area contributed by atoms with Gasteiger partial charge in [0.25, 0.3) is 0 Å². The minimum absolute atomic E-state index is 0.312. The maximum atomic E-state index is 11.0. The Labute approximate surface area is 85.7 Å². The highest BCUT2D eigenvalue weighted by Crippen LogP contribution is 2.15. The van der Waals surface area contributed by atoms with Crippen LogP contribution in [0.2, 0.25) is 0 Å². The zero-order chi connectivity index (χ0) is 10.4. The van der Waals surface area contributed by atoms with Gasteiger partial charge in [-0.2, -0.15) is 0 Å². The molecule has 0 saturated carbocycles. The molecule has 0 fully saturated rings. The van der Waals surface area contributed by atoms with Crippen LogP contribution in [0.3, 0.4) is 0 Å². The van der Waals surface area contributed by atoms with Crippen molar-refractivity contribution in [3.05, 3.63) is 0 Å². The van der Waals surface area contributed by atoms with Crippen molar-refractivity contribution in [2.24, 2.45) is 5.92 Å². The topological polar surface area (TPSA) is 52.6 Å².